The zero-order valence-electron chi connectivity index (χ0n) is 11.0. The molecule has 2 aromatic rings. The first-order valence-corrected chi connectivity index (χ1v) is 6.58. The van der Waals surface area contributed by atoms with Crippen molar-refractivity contribution in [3.63, 3.8) is 0 Å². The van der Waals surface area contributed by atoms with Gasteiger partial charge in [-0.15, -0.1) is 0 Å². The molecule has 1 amide bonds. The highest BCUT2D eigenvalue weighted by molar-refractivity contribution is 7.17. The molecule has 2 rings (SSSR count). The van der Waals surface area contributed by atoms with Crippen LogP contribution in [-0.2, 0) is 4.74 Å². The number of benzene rings is 1. The zero-order valence-corrected chi connectivity index (χ0v) is 11.8. The van der Waals surface area contributed by atoms with E-state index in [9.17, 15) is 14.4 Å². The van der Waals surface area contributed by atoms with Crippen molar-refractivity contribution in [1.82, 2.24) is 4.98 Å². The van der Waals surface area contributed by atoms with E-state index in [1.54, 1.807) is 12.1 Å². The molecule has 0 saturated heterocycles. The second-order valence-corrected chi connectivity index (χ2v) is 4.98. The van der Waals surface area contributed by atoms with E-state index in [0.29, 0.717) is 11.3 Å². The Labute approximate surface area is 123 Å². The highest BCUT2D eigenvalue weighted by atomic mass is 32.1. The molecule has 7 nitrogen and oxygen atoms in total. The SMILES string of the molecule is COC(=O)c1ccc(NC(=O)c2cc(=O)nc(N)s2)cc1. The number of rotatable bonds is 3. The molecule has 0 fully saturated rings. The highest BCUT2D eigenvalue weighted by Gasteiger charge is 2.10. The van der Waals surface area contributed by atoms with Crippen molar-refractivity contribution in [3.05, 3.63) is 51.1 Å². The van der Waals surface area contributed by atoms with Crippen molar-refractivity contribution >= 4 is 34.0 Å². The molecule has 1 heterocycles. The van der Waals surface area contributed by atoms with E-state index in [4.69, 9.17) is 5.73 Å². The monoisotopic (exact) mass is 305 g/mol. The van der Waals surface area contributed by atoms with E-state index >= 15 is 0 Å². The standard InChI is InChI=1S/C13H11N3O4S/c1-20-12(19)7-2-4-8(5-3-7)15-11(18)9-6-10(17)16-13(14)21-9/h2-6H,1H3,(H,15,18)(H2,14,16,17). The topological polar surface area (TPSA) is 111 Å². The van der Waals surface area contributed by atoms with Gasteiger partial charge >= 0.3 is 5.97 Å². The van der Waals surface area contributed by atoms with Crippen molar-refractivity contribution < 1.29 is 14.3 Å². The summed E-state index contributed by atoms with van der Waals surface area (Å²) in [7, 11) is 1.29. The van der Waals surface area contributed by atoms with E-state index in [-0.39, 0.29) is 10.0 Å². The zero-order chi connectivity index (χ0) is 15.4. The first-order chi connectivity index (χ1) is 9.99. The van der Waals surface area contributed by atoms with Gasteiger partial charge in [-0.1, -0.05) is 11.3 Å². The predicted molar refractivity (Wildman–Crippen MR) is 78.5 cm³/mol. The summed E-state index contributed by atoms with van der Waals surface area (Å²) in [6.07, 6.45) is 0. The third kappa shape index (κ3) is 3.63. The number of aromatic nitrogens is 1. The Morgan fingerprint density at radius 3 is 2.52 bits per heavy atom. The number of nitrogens with zero attached hydrogens (tertiary/aromatic N) is 1. The predicted octanol–water partition coefficient (Wildman–Crippen LogP) is 1.12. The van der Waals surface area contributed by atoms with Gasteiger partial charge in [-0.2, -0.15) is 4.98 Å². The van der Waals surface area contributed by atoms with Gasteiger partial charge in [0.05, 0.1) is 12.7 Å². The number of amides is 1. The number of carbonyl (C=O) groups excluding carboxylic acids is 2. The quantitative estimate of drug-likeness (QED) is 0.822. The van der Waals surface area contributed by atoms with Crippen molar-refractivity contribution in [3.8, 4) is 0 Å². The average molecular weight is 305 g/mol. The summed E-state index contributed by atoms with van der Waals surface area (Å²) in [5.41, 5.74) is 5.71. The molecule has 1 aromatic heterocycles. The number of esters is 1. The number of nitrogens with two attached hydrogens (primary N) is 1. The summed E-state index contributed by atoms with van der Waals surface area (Å²) in [6, 6.07) is 7.25. The minimum atomic E-state index is -0.572. The maximum Gasteiger partial charge on any atom is 0.337 e. The third-order valence-electron chi connectivity index (χ3n) is 2.48. The van der Waals surface area contributed by atoms with E-state index < -0.39 is 17.4 Å². The summed E-state index contributed by atoms with van der Waals surface area (Å²) >= 11 is 0.911. The second kappa shape index (κ2) is 6.14. The molecule has 0 spiro atoms. The van der Waals surface area contributed by atoms with Crippen LogP contribution in [0.2, 0.25) is 0 Å². The van der Waals surface area contributed by atoms with Crippen molar-refractivity contribution in [2.75, 3.05) is 18.2 Å². The van der Waals surface area contributed by atoms with Gasteiger partial charge in [-0.3, -0.25) is 9.59 Å². The van der Waals surface area contributed by atoms with Crippen LogP contribution in [-0.4, -0.2) is 24.0 Å². The summed E-state index contributed by atoms with van der Waals surface area (Å²) in [4.78, 5) is 38.1. The van der Waals surface area contributed by atoms with Crippen LogP contribution in [0.1, 0.15) is 20.0 Å². The molecule has 0 radical (unpaired) electrons. The van der Waals surface area contributed by atoms with Crippen LogP contribution in [0.4, 0.5) is 10.8 Å². The molecule has 0 aliphatic carbocycles. The van der Waals surface area contributed by atoms with Crippen LogP contribution in [0.25, 0.3) is 0 Å². The molecular formula is C13H11N3O4S. The Balaban J connectivity index is 2.16. The Hall–Kier alpha value is -2.74. The number of hydrogen-bond acceptors (Lipinski definition) is 7. The van der Waals surface area contributed by atoms with E-state index in [2.05, 4.69) is 15.0 Å². The van der Waals surface area contributed by atoms with Crippen molar-refractivity contribution in [1.29, 1.82) is 0 Å². The third-order valence-corrected chi connectivity index (χ3v) is 3.30. The lowest BCUT2D eigenvalue weighted by Crippen LogP contribution is -2.15. The Kier molecular flexibility index (Phi) is 4.29. The molecule has 8 heteroatoms. The van der Waals surface area contributed by atoms with Crippen molar-refractivity contribution in [2.45, 2.75) is 0 Å². The first kappa shape index (κ1) is 14.7. The number of anilines is 2. The molecule has 0 aliphatic rings. The summed E-state index contributed by atoms with van der Waals surface area (Å²) in [5, 5.41) is 2.62. The van der Waals surface area contributed by atoms with Crippen LogP contribution >= 0.6 is 11.3 Å². The number of hydrogen-bond donors (Lipinski definition) is 2. The minimum Gasteiger partial charge on any atom is -0.465 e. The molecule has 0 saturated carbocycles. The van der Waals surface area contributed by atoms with Gasteiger partial charge in [-0.25, -0.2) is 4.79 Å². The van der Waals surface area contributed by atoms with Gasteiger partial charge in [0.15, 0.2) is 5.13 Å². The van der Waals surface area contributed by atoms with E-state index in [0.717, 1.165) is 17.4 Å². The maximum atomic E-state index is 12.0. The maximum absolute atomic E-state index is 12.0. The van der Waals surface area contributed by atoms with E-state index in [1.807, 2.05) is 0 Å². The van der Waals surface area contributed by atoms with Gasteiger partial charge < -0.3 is 15.8 Å². The lowest BCUT2D eigenvalue weighted by molar-refractivity contribution is 0.0600. The molecule has 3 N–H and O–H groups in total. The average Bonchev–Trinajstić information content (AvgIpc) is 2.46. The van der Waals surface area contributed by atoms with Gasteiger partial charge in [0.2, 0.25) is 0 Å². The number of carbonyl (C=O) groups is 2. The fourth-order valence-corrected chi connectivity index (χ4v) is 2.19. The Bertz CT molecular complexity index is 740. The van der Waals surface area contributed by atoms with Crippen LogP contribution < -0.4 is 16.6 Å². The van der Waals surface area contributed by atoms with Crippen LogP contribution in [0, 0.1) is 0 Å². The Morgan fingerprint density at radius 2 is 1.95 bits per heavy atom. The molecule has 0 bridgehead atoms. The fourth-order valence-electron chi connectivity index (χ4n) is 1.53. The number of nitrogen functional groups attached to an aromatic ring is 1. The van der Waals surface area contributed by atoms with Gasteiger partial charge in [-0.05, 0) is 24.3 Å². The highest BCUT2D eigenvalue weighted by Crippen LogP contribution is 2.15. The number of ether oxygens (including phenoxy) is 1. The molecule has 0 aliphatic heterocycles. The fraction of sp³-hybridized carbons (Fsp3) is 0.0769. The first-order valence-electron chi connectivity index (χ1n) is 5.77. The summed E-state index contributed by atoms with van der Waals surface area (Å²) in [5.74, 6) is -0.940. The van der Waals surface area contributed by atoms with Crippen LogP contribution in [0.15, 0.2) is 35.1 Å². The van der Waals surface area contributed by atoms with Gasteiger partial charge in [0.25, 0.3) is 11.5 Å². The molecule has 108 valence electrons. The van der Waals surface area contributed by atoms with E-state index in [1.165, 1.54) is 19.2 Å². The van der Waals surface area contributed by atoms with Crippen molar-refractivity contribution in [2.24, 2.45) is 0 Å². The number of nitrogens with one attached hydrogen (secondary N) is 1. The minimum absolute atomic E-state index is 0.0219. The molecule has 21 heavy (non-hydrogen) atoms. The lowest BCUT2D eigenvalue weighted by Gasteiger charge is -2.05. The largest absolute Gasteiger partial charge is 0.465 e. The molecule has 1 aromatic carbocycles. The summed E-state index contributed by atoms with van der Waals surface area (Å²) in [6.45, 7) is 0. The van der Waals surface area contributed by atoms with Crippen LogP contribution in [0.5, 0.6) is 0 Å². The van der Waals surface area contributed by atoms with Gasteiger partial charge in [0.1, 0.15) is 4.88 Å². The summed E-state index contributed by atoms with van der Waals surface area (Å²) < 4.78 is 4.57. The molecule has 0 atom stereocenters. The Morgan fingerprint density at radius 1 is 1.29 bits per heavy atom. The normalized spacial score (nSPS) is 9.95. The lowest BCUT2D eigenvalue weighted by atomic mass is 10.2. The smallest absolute Gasteiger partial charge is 0.337 e. The second-order valence-electron chi connectivity index (χ2n) is 3.92. The van der Waals surface area contributed by atoms with Crippen LogP contribution in [0.3, 0.4) is 0 Å². The number of methoxy groups -OCH3 is 1. The molecule has 0 unspecified atom stereocenters. The van der Waals surface area contributed by atoms with Gasteiger partial charge in [0, 0.05) is 11.8 Å². The molecular weight excluding hydrogens is 294 g/mol.